The Balaban J connectivity index is 3.18. The van der Waals surface area contributed by atoms with Gasteiger partial charge in [-0.15, -0.1) is 0 Å². The largest absolute Gasteiger partial charge is 0.240 e. The Hall–Kier alpha value is -1.40. The molecule has 0 saturated carbocycles. The predicted molar refractivity (Wildman–Crippen MR) is 43.7 cm³/mol. The van der Waals surface area contributed by atoms with Crippen LogP contribution in [0.25, 0.3) is 0 Å². The van der Waals surface area contributed by atoms with E-state index >= 15 is 0 Å². The van der Waals surface area contributed by atoms with Gasteiger partial charge in [-0.3, -0.25) is 0 Å². The fraction of sp³-hybridized carbons (Fsp3) is 0.222. The number of rotatable bonds is 1. The molecule has 2 heteroatoms. The molecule has 0 amide bonds. The van der Waals surface area contributed by atoms with E-state index in [-0.39, 0.29) is 0 Å². The molecule has 0 unspecified atom stereocenters. The fourth-order valence-electron chi connectivity index (χ4n) is 1.07. The average molecular weight is 147 g/mol. The first kappa shape index (κ1) is 7.70. The zero-order valence-electron chi connectivity index (χ0n) is 6.59. The number of aliphatic imine (C=N–C) groups is 1. The Morgan fingerprint density at radius 2 is 1.73 bits per heavy atom. The summed E-state index contributed by atoms with van der Waals surface area (Å²) in [7, 11) is 0. The molecule has 11 heavy (non-hydrogen) atoms. The predicted octanol–water partition coefficient (Wildman–Crippen LogP) is 2.27. The number of hydrogen-bond donors (Lipinski definition) is 0. The monoisotopic (exact) mass is 147 g/mol. The summed E-state index contributed by atoms with van der Waals surface area (Å²) < 4.78 is 0. The van der Waals surface area contributed by atoms with E-state index < -0.39 is 0 Å². The highest BCUT2D eigenvalue weighted by molar-refractivity contribution is 5.51. The summed E-state index contributed by atoms with van der Waals surface area (Å²) in [5, 5.41) is 0. The third-order valence-electron chi connectivity index (χ3n) is 1.38. The Labute approximate surface area is 65.6 Å². The molecule has 0 heterocycles. The van der Waals surface area contributed by atoms with Crippen LogP contribution in [-0.2, 0) is 4.79 Å². The second-order valence-corrected chi connectivity index (χ2v) is 2.55. The first-order chi connectivity index (χ1) is 5.22. The number of carbonyl (C=O) groups excluding carboxylic acids is 1. The van der Waals surface area contributed by atoms with Crippen molar-refractivity contribution in [3.05, 3.63) is 29.3 Å². The van der Waals surface area contributed by atoms with Crippen molar-refractivity contribution < 1.29 is 4.79 Å². The van der Waals surface area contributed by atoms with Crippen molar-refractivity contribution in [1.29, 1.82) is 0 Å². The molecule has 0 fully saturated rings. The van der Waals surface area contributed by atoms with Crippen LogP contribution in [-0.4, -0.2) is 6.08 Å². The lowest BCUT2D eigenvalue weighted by Gasteiger charge is -1.96. The van der Waals surface area contributed by atoms with E-state index in [9.17, 15) is 4.79 Å². The van der Waals surface area contributed by atoms with Gasteiger partial charge in [-0.25, -0.2) is 4.79 Å². The van der Waals surface area contributed by atoms with Crippen LogP contribution in [0.4, 0.5) is 5.69 Å². The molecule has 1 aromatic carbocycles. The van der Waals surface area contributed by atoms with Crippen LogP contribution in [0, 0.1) is 13.8 Å². The molecule has 0 bridgehead atoms. The van der Waals surface area contributed by atoms with E-state index in [1.165, 1.54) is 6.08 Å². The topological polar surface area (TPSA) is 29.4 Å². The highest BCUT2D eigenvalue weighted by Crippen LogP contribution is 2.15. The Bertz CT molecular complexity index is 291. The third kappa shape index (κ3) is 2.03. The quantitative estimate of drug-likeness (QED) is 0.442. The summed E-state index contributed by atoms with van der Waals surface area (Å²) in [5.74, 6) is 0. The molecule has 0 aliphatic rings. The molecule has 0 saturated heterocycles. The molecule has 0 aromatic heterocycles. The normalized spacial score (nSPS) is 8.91. The van der Waals surface area contributed by atoms with Crippen molar-refractivity contribution in [1.82, 2.24) is 0 Å². The Kier molecular flexibility index (Phi) is 2.19. The van der Waals surface area contributed by atoms with Gasteiger partial charge in [0.05, 0.1) is 5.69 Å². The molecule has 0 radical (unpaired) electrons. The van der Waals surface area contributed by atoms with Crippen molar-refractivity contribution in [2.75, 3.05) is 0 Å². The number of isocyanates is 1. The molecule has 0 aliphatic heterocycles. The molecule has 1 rings (SSSR count). The van der Waals surface area contributed by atoms with Gasteiger partial charge in [-0.2, -0.15) is 4.99 Å². The molecule has 56 valence electrons. The molecule has 0 N–H and O–H groups in total. The molecule has 0 atom stereocenters. The van der Waals surface area contributed by atoms with Gasteiger partial charge in [0.2, 0.25) is 6.08 Å². The van der Waals surface area contributed by atoms with Crippen molar-refractivity contribution >= 4 is 11.8 Å². The van der Waals surface area contributed by atoms with Gasteiger partial charge in [0.1, 0.15) is 0 Å². The molecule has 0 aliphatic carbocycles. The summed E-state index contributed by atoms with van der Waals surface area (Å²) in [5.41, 5.74) is 2.90. The number of benzene rings is 1. The average Bonchev–Trinajstić information content (AvgIpc) is 1.85. The van der Waals surface area contributed by atoms with Crippen molar-refractivity contribution in [2.45, 2.75) is 13.8 Å². The first-order valence-corrected chi connectivity index (χ1v) is 3.38. The maximum atomic E-state index is 9.91. The minimum Gasteiger partial charge on any atom is -0.211 e. The third-order valence-corrected chi connectivity index (χ3v) is 1.38. The van der Waals surface area contributed by atoms with Crippen LogP contribution in [0.3, 0.4) is 0 Å². The zero-order valence-corrected chi connectivity index (χ0v) is 6.59. The lowest BCUT2D eigenvalue weighted by atomic mass is 10.1. The summed E-state index contributed by atoms with van der Waals surface area (Å²) in [6, 6.07) is 5.72. The van der Waals surface area contributed by atoms with Crippen LogP contribution in [0.5, 0.6) is 0 Å². The molecule has 0 spiro atoms. The second-order valence-electron chi connectivity index (χ2n) is 2.55. The lowest BCUT2D eigenvalue weighted by Crippen LogP contribution is -1.75. The number of hydrogen-bond acceptors (Lipinski definition) is 2. The van der Waals surface area contributed by atoms with Gasteiger partial charge in [0.15, 0.2) is 0 Å². The summed E-state index contributed by atoms with van der Waals surface area (Å²) in [6.07, 6.45) is 1.51. The summed E-state index contributed by atoms with van der Waals surface area (Å²) >= 11 is 0. The SMILES string of the molecule is Cc1cc(C)cc(N=C=O)c1. The molecule has 1 aromatic rings. The van der Waals surface area contributed by atoms with E-state index in [1.807, 2.05) is 32.0 Å². The van der Waals surface area contributed by atoms with E-state index in [0.29, 0.717) is 5.69 Å². The van der Waals surface area contributed by atoms with Crippen LogP contribution < -0.4 is 0 Å². The Morgan fingerprint density at radius 3 is 2.18 bits per heavy atom. The van der Waals surface area contributed by atoms with Crippen LogP contribution in [0.1, 0.15) is 11.1 Å². The maximum Gasteiger partial charge on any atom is 0.240 e. The first-order valence-electron chi connectivity index (χ1n) is 3.38. The number of aryl methyl sites for hydroxylation is 2. The highest BCUT2D eigenvalue weighted by atomic mass is 16.1. The van der Waals surface area contributed by atoms with E-state index in [4.69, 9.17) is 0 Å². The molecule has 2 nitrogen and oxygen atoms in total. The number of nitrogens with zero attached hydrogens (tertiary/aromatic N) is 1. The van der Waals surface area contributed by atoms with Crippen LogP contribution in [0.2, 0.25) is 0 Å². The van der Waals surface area contributed by atoms with Gasteiger partial charge in [0.25, 0.3) is 0 Å². The van der Waals surface area contributed by atoms with Crippen LogP contribution in [0.15, 0.2) is 23.2 Å². The van der Waals surface area contributed by atoms with Crippen molar-refractivity contribution in [3.8, 4) is 0 Å². The minimum absolute atomic E-state index is 0.678. The lowest BCUT2D eigenvalue weighted by molar-refractivity contribution is 0.565. The van der Waals surface area contributed by atoms with Gasteiger partial charge in [-0.1, -0.05) is 6.07 Å². The van der Waals surface area contributed by atoms with Gasteiger partial charge in [-0.05, 0) is 37.1 Å². The molecular weight excluding hydrogens is 138 g/mol. The van der Waals surface area contributed by atoms with E-state index in [2.05, 4.69) is 4.99 Å². The summed E-state index contributed by atoms with van der Waals surface area (Å²) in [6.45, 7) is 3.94. The smallest absolute Gasteiger partial charge is 0.211 e. The van der Waals surface area contributed by atoms with Crippen molar-refractivity contribution in [2.24, 2.45) is 4.99 Å². The van der Waals surface area contributed by atoms with E-state index in [0.717, 1.165) is 11.1 Å². The standard InChI is InChI=1S/C9H9NO/c1-7-3-8(2)5-9(4-7)10-6-11/h3-5H,1-2H3. The Morgan fingerprint density at radius 1 is 1.18 bits per heavy atom. The van der Waals surface area contributed by atoms with Gasteiger partial charge < -0.3 is 0 Å². The fourth-order valence-corrected chi connectivity index (χ4v) is 1.07. The highest BCUT2D eigenvalue weighted by Gasteiger charge is 1.91. The van der Waals surface area contributed by atoms with Crippen LogP contribution >= 0.6 is 0 Å². The van der Waals surface area contributed by atoms with E-state index in [1.54, 1.807) is 0 Å². The maximum absolute atomic E-state index is 9.91. The van der Waals surface area contributed by atoms with Gasteiger partial charge >= 0.3 is 0 Å². The van der Waals surface area contributed by atoms with Crippen molar-refractivity contribution in [3.63, 3.8) is 0 Å². The summed E-state index contributed by atoms with van der Waals surface area (Å²) in [4.78, 5) is 13.4. The molecular formula is C9H9NO. The minimum atomic E-state index is 0.678. The zero-order chi connectivity index (χ0) is 8.27. The van der Waals surface area contributed by atoms with Gasteiger partial charge in [0, 0.05) is 0 Å². The second kappa shape index (κ2) is 3.13.